The number of aromatic amines is 1. The van der Waals surface area contributed by atoms with Crippen LogP contribution in [0.15, 0.2) is 69.0 Å². The third kappa shape index (κ3) is 3.91. The van der Waals surface area contributed by atoms with E-state index >= 15 is 0 Å². The zero-order valence-electron chi connectivity index (χ0n) is 14.8. The molecule has 0 saturated carbocycles. The van der Waals surface area contributed by atoms with E-state index in [0.29, 0.717) is 22.2 Å². The first-order valence-corrected chi connectivity index (χ1v) is 9.53. The summed E-state index contributed by atoms with van der Waals surface area (Å²) in [4.78, 5) is 8.64. The normalized spacial score (nSPS) is 11.5. The van der Waals surface area contributed by atoms with Crippen molar-refractivity contribution in [2.75, 3.05) is 7.11 Å². The fraction of sp³-hybridized carbons (Fsp3) is 0.0476. The zero-order valence-corrected chi connectivity index (χ0v) is 16.3. The van der Waals surface area contributed by atoms with Crippen LogP contribution in [0.3, 0.4) is 0 Å². The van der Waals surface area contributed by atoms with Crippen LogP contribution in [-0.2, 0) is 0 Å². The summed E-state index contributed by atoms with van der Waals surface area (Å²) in [6, 6.07) is 18.9. The smallest absolute Gasteiger partial charge is 0.165 e. The third-order valence-electron chi connectivity index (χ3n) is 3.99. The lowest BCUT2D eigenvalue weighted by Crippen LogP contribution is -1.84. The Morgan fingerprint density at radius 3 is 2.79 bits per heavy atom. The van der Waals surface area contributed by atoms with Gasteiger partial charge in [0.1, 0.15) is 23.4 Å². The molecule has 0 spiro atoms. The SMILES string of the molecule is COc1ccc2nc(/C(C#N)=C\c3ccc(Sc4ccc(Cl)cc4)o3)[nH]c2c1. The molecule has 0 amide bonds. The van der Waals surface area contributed by atoms with E-state index in [2.05, 4.69) is 16.0 Å². The lowest BCUT2D eigenvalue weighted by atomic mass is 10.2. The molecule has 0 radical (unpaired) electrons. The van der Waals surface area contributed by atoms with Gasteiger partial charge in [-0.25, -0.2) is 4.98 Å². The Balaban J connectivity index is 1.59. The van der Waals surface area contributed by atoms with Crippen LogP contribution in [0.4, 0.5) is 0 Å². The van der Waals surface area contributed by atoms with Crippen LogP contribution in [0.5, 0.6) is 5.75 Å². The van der Waals surface area contributed by atoms with E-state index in [9.17, 15) is 5.26 Å². The van der Waals surface area contributed by atoms with Gasteiger partial charge in [-0.05, 0) is 48.5 Å². The summed E-state index contributed by atoms with van der Waals surface area (Å²) in [6.45, 7) is 0. The number of nitriles is 1. The molecule has 2 heterocycles. The van der Waals surface area contributed by atoms with Crippen molar-refractivity contribution < 1.29 is 9.15 Å². The first-order chi connectivity index (χ1) is 13.6. The molecule has 28 heavy (non-hydrogen) atoms. The Morgan fingerprint density at radius 1 is 1.21 bits per heavy atom. The Labute approximate surface area is 170 Å². The maximum Gasteiger partial charge on any atom is 0.165 e. The van der Waals surface area contributed by atoms with Crippen molar-refractivity contribution in [2.24, 2.45) is 0 Å². The Morgan fingerprint density at radius 2 is 2.04 bits per heavy atom. The minimum atomic E-state index is 0.382. The molecule has 4 aromatic rings. The first-order valence-electron chi connectivity index (χ1n) is 8.34. The molecule has 0 atom stereocenters. The van der Waals surface area contributed by atoms with E-state index in [1.54, 1.807) is 13.2 Å². The number of imidazole rings is 1. The Hall–Kier alpha value is -3.14. The van der Waals surface area contributed by atoms with Gasteiger partial charge in [-0.3, -0.25) is 0 Å². The van der Waals surface area contributed by atoms with Gasteiger partial charge in [-0.15, -0.1) is 0 Å². The minimum Gasteiger partial charge on any atom is -0.497 e. The number of benzene rings is 2. The van der Waals surface area contributed by atoms with Gasteiger partial charge in [0.15, 0.2) is 5.09 Å². The van der Waals surface area contributed by atoms with E-state index in [0.717, 1.165) is 26.8 Å². The minimum absolute atomic E-state index is 0.382. The monoisotopic (exact) mass is 407 g/mol. The summed E-state index contributed by atoms with van der Waals surface area (Å²) in [5, 5.41) is 11.0. The van der Waals surface area contributed by atoms with E-state index < -0.39 is 0 Å². The second-order valence-electron chi connectivity index (χ2n) is 5.85. The van der Waals surface area contributed by atoms with Crippen molar-refractivity contribution in [3.05, 3.63) is 71.2 Å². The van der Waals surface area contributed by atoms with Crippen LogP contribution < -0.4 is 4.74 Å². The third-order valence-corrected chi connectivity index (χ3v) is 5.17. The van der Waals surface area contributed by atoms with Gasteiger partial charge < -0.3 is 14.1 Å². The van der Waals surface area contributed by atoms with Crippen LogP contribution in [0.25, 0.3) is 22.7 Å². The van der Waals surface area contributed by atoms with E-state index in [1.165, 1.54) is 11.8 Å². The van der Waals surface area contributed by atoms with Gasteiger partial charge in [0, 0.05) is 22.1 Å². The number of furan rings is 1. The van der Waals surface area contributed by atoms with Crippen molar-refractivity contribution in [2.45, 2.75) is 9.99 Å². The number of ether oxygens (including phenoxy) is 1. The van der Waals surface area contributed by atoms with Gasteiger partial charge in [0.2, 0.25) is 0 Å². The molecular weight excluding hydrogens is 394 g/mol. The second kappa shape index (κ2) is 7.85. The lowest BCUT2D eigenvalue weighted by Gasteiger charge is -1.97. The van der Waals surface area contributed by atoms with Crippen molar-refractivity contribution in [1.82, 2.24) is 9.97 Å². The number of allylic oxidation sites excluding steroid dienone is 1. The number of hydrogen-bond acceptors (Lipinski definition) is 5. The number of hydrogen-bond donors (Lipinski definition) is 1. The average molecular weight is 408 g/mol. The molecule has 0 saturated heterocycles. The summed E-state index contributed by atoms with van der Waals surface area (Å²) >= 11 is 7.39. The molecule has 0 fully saturated rings. The van der Waals surface area contributed by atoms with Gasteiger partial charge in [-0.2, -0.15) is 5.26 Å². The number of rotatable bonds is 5. The van der Waals surface area contributed by atoms with Gasteiger partial charge in [0.25, 0.3) is 0 Å². The fourth-order valence-corrected chi connectivity index (χ4v) is 3.53. The highest BCUT2D eigenvalue weighted by Crippen LogP contribution is 2.31. The predicted molar refractivity (Wildman–Crippen MR) is 110 cm³/mol. The van der Waals surface area contributed by atoms with Crippen molar-refractivity contribution in [3.63, 3.8) is 0 Å². The number of fused-ring (bicyclic) bond motifs is 1. The van der Waals surface area contributed by atoms with Crippen molar-refractivity contribution in [3.8, 4) is 11.8 Å². The molecule has 7 heteroatoms. The van der Waals surface area contributed by atoms with E-state index in [-0.39, 0.29) is 0 Å². The van der Waals surface area contributed by atoms with Crippen molar-refractivity contribution >= 4 is 46.0 Å². The Bertz CT molecular complexity index is 1200. The molecular formula is C21H14ClN3O2S. The number of halogens is 1. The molecule has 0 unspecified atom stereocenters. The summed E-state index contributed by atoms with van der Waals surface area (Å²) < 4.78 is 11.0. The van der Waals surface area contributed by atoms with E-state index in [1.807, 2.05) is 54.6 Å². The van der Waals surface area contributed by atoms with Crippen LogP contribution in [0.1, 0.15) is 11.6 Å². The molecule has 0 aliphatic heterocycles. The summed E-state index contributed by atoms with van der Waals surface area (Å²) in [5.41, 5.74) is 1.94. The summed E-state index contributed by atoms with van der Waals surface area (Å²) in [5.74, 6) is 1.78. The van der Waals surface area contributed by atoms with Crippen molar-refractivity contribution in [1.29, 1.82) is 5.26 Å². The van der Waals surface area contributed by atoms with Gasteiger partial charge in [0.05, 0.1) is 23.7 Å². The fourth-order valence-electron chi connectivity index (χ4n) is 2.62. The number of nitrogens with zero attached hydrogens (tertiary/aromatic N) is 2. The molecule has 2 aromatic carbocycles. The van der Waals surface area contributed by atoms with Crippen LogP contribution in [0.2, 0.25) is 5.02 Å². The van der Waals surface area contributed by atoms with Crippen LogP contribution in [-0.4, -0.2) is 17.1 Å². The lowest BCUT2D eigenvalue weighted by molar-refractivity contribution is 0.415. The molecule has 0 aliphatic carbocycles. The maximum absolute atomic E-state index is 9.57. The number of nitrogens with one attached hydrogen (secondary N) is 1. The quantitative estimate of drug-likeness (QED) is 0.408. The molecule has 1 N–H and O–H groups in total. The van der Waals surface area contributed by atoms with Gasteiger partial charge in [-0.1, -0.05) is 23.4 Å². The largest absolute Gasteiger partial charge is 0.497 e. The molecule has 0 bridgehead atoms. The molecule has 0 aliphatic rings. The van der Waals surface area contributed by atoms with Crippen LogP contribution >= 0.6 is 23.4 Å². The summed E-state index contributed by atoms with van der Waals surface area (Å²) in [6.07, 6.45) is 1.67. The highest BCUT2D eigenvalue weighted by Gasteiger charge is 2.10. The predicted octanol–water partition coefficient (Wildman–Crippen LogP) is 6.03. The second-order valence-corrected chi connectivity index (χ2v) is 7.37. The van der Waals surface area contributed by atoms with Crippen LogP contribution in [0, 0.1) is 11.3 Å². The molecule has 4 rings (SSSR count). The Kier molecular flexibility index (Phi) is 5.11. The molecule has 2 aromatic heterocycles. The molecule has 5 nitrogen and oxygen atoms in total. The standard InChI is InChI=1S/C21H14ClN3O2S/c1-26-15-4-8-18-19(11-15)25-21(24-18)13(12-23)10-16-5-9-20(27-16)28-17-6-2-14(22)3-7-17/h2-11H,1H3,(H,24,25)/b13-10-. The molecule has 138 valence electrons. The van der Waals surface area contributed by atoms with Gasteiger partial charge >= 0.3 is 0 Å². The number of aromatic nitrogens is 2. The topological polar surface area (TPSA) is 74.8 Å². The number of H-pyrrole nitrogens is 1. The highest BCUT2D eigenvalue weighted by molar-refractivity contribution is 7.99. The average Bonchev–Trinajstić information content (AvgIpc) is 3.33. The highest BCUT2D eigenvalue weighted by atomic mass is 35.5. The van der Waals surface area contributed by atoms with E-state index in [4.69, 9.17) is 20.8 Å². The summed E-state index contributed by atoms with van der Waals surface area (Å²) in [7, 11) is 1.61. The first kappa shape index (κ1) is 18.2. The number of methoxy groups -OCH3 is 1. The maximum atomic E-state index is 9.57. The zero-order chi connectivity index (χ0) is 19.5.